The molecule has 0 saturated carbocycles. The van der Waals surface area contributed by atoms with E-state index in [4.69, 9.17) is 9.97 Å². The molecular formula is C31H25N3O3. The molecule has 0 radical (unpaired) electrons. The van der Waals surface area contributed by atoms with Crippen molar-refractivity contribution in [1.82, 2.24) is 9.97 Å². The number of rotatable bonds is 5. The number of carbonyl (C=O) groups excluding carboxylic acids is 1. The lowest BCUT2D eigenvalue weighted by Crippen LogP contribution is -2.20. The predicted molar refractivity (Wildman–Crippen MR) is 144 cm³/mol. The molecule has 6 nitrogen and oxygen atoms in total. The highest BCUT2D eigenvalue weighted by atomic mass is 16.3. The Morgan fingerprint density at radius 3 is 2.43 bits per heavy atom. The Labute approximate surface area is 214 Å². The monoisotopic (exact) mass is 487 g/mol. The number of hydrogen-bond acceptors (Lipinski definition) is 5. The zero-order valence-corrected chi connectivity index (χ0v) is 20.1. The Bertz CT molecular complexity index is 1650. The van der Waals surface area contributed by atoms with E-state index in [9.17, 15) is 15.0 Å². The van der Waals surface area contributed by atoms with E-state index in [-0.39, 0.29) is 23.8 Å². The number of aromatic nitrogens is 2. The van der Waals surface area contributed by atoms with Gasteiger partial charge in [0.2, 0.25) is 5.91 Å². The van der Waals surface area contributed by atoms with Gasteiger partial charge in [-0.05, 0) is 46.9 Å². The van der Waals surface area contributed by atoms with Gasteiger partial charge in [0.05, 0.1) is 23.5 Å². The number of benzene rings is 4. The number of anilines is 1. The number of nitrogens with zero attached hydrogens (tertiary/aromatic N) is 2. The number of carbonyl (C=O) groups is 1. The second kappa shape index (κ2) is 9.39. The maximum Gasteiger partial charge on any atom is 0.229 e. The van der Waals surface area contributed by atoms with Gasteiger partial charge in [-0.2, -0.15) is 0 Å². The summed E-state index contributed by atoms with van der Waals surface area (Å²) in [6, 6.07) is 27.3. The topological polar surface area (TPSA) is 95.3 Å². The molecule has 0 bridgehead atoms. The summed E-state index contributed by atoms with van der Waals surface area (Å²) in [5.41, 5.74) is 5.48. The third kappa shape index (κ3) is 4.49. The molecule has 1 aromatic heterocycles. The molecule has 6 rings (SSSR count). The Morgan fingerprint density at radius 2 is 1.59 bits per heavy atom. The van der Waals surface area contributed by atoms with Crippen molar-refractivity contribution in [1.29, 1.82) is 0 Å². The normalized spacial score (nSPS) is 12.1. The number of nitrogens with one attached hydrogen (secondary N) is 1. The van der Waals surface area contributed by atoms with Crippen LogP contribution in [0.15, 0.2) is 84.9 Å². The van der Waals surface area contributed by atoms with E-state index in [2.05, 4.69) is 11.4 Å². The van der Waals surface area contributed by atoms with Crippen LogP contribution in [0.25, 0.3) is 22.0 Å². The Hall–Kier alpha value is -4.71. The minimum absolute atomic E-state index is 0.109. The van der Waals surface area contributed by atoms with Crippen molar-refractivity contribution in [2.24, 2.45) is 0 Å². The van der Waals surface area contributed by atoms with Crippen molar-refractivity contribution in [3.8, 4) is 22.8 Å². The van der Waals surface area contributed by atoms with Crippen LogP contribution in [0, 0.1) is 0 Å². The van der Waals surface area contributed by atoms with Crippen molar-refractivity contribution in [2.45, 2.75) is 25.7 Å². The molecule has 0 spiro atoms. The highest BCUT2D eigenvalue weighted by molar-refractivity contribution is 5.93. The number of aromatic hydroxyl groups is 2. The first-order valence-corrected chi connectivity index (χ1v) is 12.3. The summed E-state index contributed by atoms with van der Waals surface area (Å²) < 4.78 is 0. The molecule has 0 atom stereocenters. The maximum atomic E-state index is 13.1. The van der Waals surface area contributed by atoms with E-state index in [0.29, 0.717) is 42.0 Å². The summed E-state index contributed by atoms with van der Waals surface area (Å²) in [6.45, 7) is 0. The molecule has 1 aliphatic rings. The zero-order valence-electron chi connectivity index (χ0n) is 20.1. The van der Waals surface area contributed by atoms with Crippen molar-refractivity contribution in [3.05, 3.63) is 113 Å². The average molecular weight is 488 g/mol. The molecule has 0 saturated heterocycles. The van der Waals surface area contributed by atoms with Gasteiger partial charge in [-0.1, -0.05) is 72.8 Å². The summed E-state index contributed by atoms with van der Waals surface area (Å²) in [7, 11) is 0. The van der Waals surface area contributed by atoms with Crippen LogP contribution in [0.1, 0.15) is 28.1 Å². The van der Waals surface area contributed by atoms with Gasteiger partial charge in [0.15, 0.2) is 17.3 Å². The number of phenols is 2. The first kappa shape index (κ1) is 22.7. The lowest BCUT2D eigenvalue weighted by Gasteiger charge is -2.22. The molecule has 6 heteroatoms. The van der Waals surface area contributed by atoms with Crippen LogP contribution in [-0.4, -0.2) is 26.1 Å². The standard InChI is InChI=1S/C31H25N3O3/c35-27-15-13-23-24(30(27)37)12-14-25-29(23)32-26(17-19-6-2-1-3-7-19)31(33-25)34-28(36)18-20-10-11-21-8-4-5-9-22(21)16-20/h1-11,13,15-16,35,37H,12,14,17-18H2,(H,33,34,36). The molecule has 37 heavy (non-hydrogen) atoms. The molecule has 1 aliphatic carbocycles. The van der Waals surface area contributed by atoms with Gasteiger partial charge in [-0.25, -0.2) is 9.97 Å². The van der Waals surface area contributed by atoms with Crippen LogP contribution in [0.4, 0.5) is 5.82 Å². The van der Waals surface area contributed by atoms with Crippen molar-refractivity contribution in [2.75, 3.05) is 5.32 Å². The first-order valence-electron chi connectivity index (χ1n) is 12.3. The van der Waals surface area contributed by atoms with Gasteiger partial charge in [0, 0.05) is 17.5 Å². The lowest BCUT2D eigenvalue weighted by molar-refractivity contribution is -0.115. The maximum absolute atomic E-state index is 13.1. The number of aryl methyl sites for hydroxylation is 1. The Balaban J connectivity index is 1.35. The first-order chi connectivity index (χ1) is 18.0. The molecule has 0 unspecified atom stereocenters. The van der Waals surface area contributed by atoms with Crippen LogP contribution < -0.4 is 5.32 Å². The molecule has 182 valence electrons. The predicted octanol–water partition coefficient (Wildman–Crippen LogP) is 5.58. The molecule has 0 aliphatic heterocycles. The SMILES string of the molecule is O=C(Cc1ccc2ccccc2c1)Nc1nc2c(nc1Cc1ccccc1)-c1ccc(O)c(O)c1CC2. The summed E-state index contributed by atoms with van der Waals surface area (Å²) in [4.78, 5) is 22.9. The van der Waals surface area contributed by atoms with Gasteiger partial charge in [0.25, 0.3) is 0 Å². The minimum Gasteiger partial charge on any atom is -0.504 e. The van der Waals surface area contributed by atoms with E-state index in [1.54, 1.807) is 6.07 Å². The van der Waals surface area contributed by atoms with Gasteiger partial charge in [-0.15, -0.1) is 0 Å². The van der Waals surface area contributed by atoms with Crippen molar-refractivity contribution in [3.63, 3.8) is 0 Å². The van der Waals surface area contributed by atoms with E-state index in [1.165, 1.54) is 6.07 Å². The second-order valence-corrected chi connectivity index (χ2v) is 9.34. The number of hydrogen-bond donors (Lipinski definition) is 3. The van der Waals surface area contributed by atoms with Crippen LogP contribution in [0.2, 0.25) is 0 Å². The van der Waals surface area contributed by atoms with Crippen LogP contribution in [0.5, 0.6) is 11.5 Å². The number of fused-ring (bicyclic) bond motifs is 4. The van der Waals surface area contributed by atoms with Crippen LogP contribution in [0.3, 0.4) is 0 Å². The van der Waals surface area contributed by atoms with E-state index < -0.39 is 0 Å². The molecule has 1 amide bonds. The highest BCUT2D eigenvalue weighted by Crippen LogP contribution is 2.41. The quantitative estimate of drug-likeness (QED) is 0.281. The van der Waals surface area contributed by atoms with E-state index >= 15 is 0 Å². The lowest BCUT2D eigenvalue weighted by atomic mass is 9.90. The van der Waals surface area contributed by atoms with Gasteiger partial charge in [0.1, 0.15) is 0 Å². The van der Waals surface area contributed by atoms with Gasteiger partial charge in [-0.3, -0.25) is 4.79 Å². The molecule has 3 N–H and O–H groups in total. The Kier molecular flexibility index (Phi) is 5.77. The molecule has 1 heterocycles. The number of amides is 1. The Morgan fingerprint density at radius 1 is 0.811 bits per heavy atom. The summed E-state index contributed by atoms with van der Waals surface area (Å²) in [5.74, 6) is 0.0528. The van der Waals surface area contributed by atoms with E-state index in [0.717, 1.165) is 33.2 Å². The second-order valence-electron chi connectivity index (χ2n) is 9.34. The summed E-state index contributed by atoms with van der Waals surface area (Å²) >= 11 is 0. The average Bonchev–Trinajstić information content (AvgIpc) is 2.91. The smallest absolute Gasteiger partial charge is 0.229 e. The summed E-state index contributed by atoms with van der Waals surface area (Å²) in [6.07, 6.45) is 1.79. The zero-order chi connectivity index (χ0) is 25.4. The summed E-state index contributed by atoms with van der Waals surface area (Å²) in [5, 5.41) is 25.6. The largest absolute Gasteiger partial charge is 0.504 e. The molecular weight excluding hydrogens is 462 g/mol. The van der Waals surface area contributed by atoms with Gasteiger partial charge >= 0.3 is 0 Å². The van der Waals surface area contributed by atoms with E-state index in [1.807, 2.05) is 66.7 Å². The fourth-order valence-electron chi connectivity index (χ4n) is 4.96. The van der Waals surface area contributed by atoms with Crippen LogP contribution >= 0.6 is 0 Å². The molecule has 0 fully saturated rings. The third-order valence-corrected chi connectivity index (χ3v) is 6.82. The number of phenolic OH excluding ortho intramolecular Hbond substituents is 2. The van der Waals surface area contributed by atoms with Gasteiger partial charge < -0.3 is 15.5 Å². The fourth-order valence-corrected chi connectivity index (χ4v) is 4.96. The third-order valence-electron chi connectivity index (χ3n) is 6.82. The minimum atomic E-state index is -0.155. The van der Waals surface area contributed by atoms with Crippen molar-refractivity contribution >= 4 is 22.5 Å². The van der Waals surface area contributed by atoms with Crippen LogP contribution in [-0.2, 0) is 30.5 Å². The fraction of sp³-hybridized carbons (Fsp3) is 0.129. The van der Waals surface area contributed by atoms with Crippen molar-refractivity contribution < 1.29 is 15.0 Å². The highest BCUT2D eigenvalue weighted by Gasteiger charge is 2.25. The molecule has 4 aromatic carbocycles. The molecule has 5 aromatic rings.